The number of nitrogens with zero attached hydrogens (tertiary/aromatic N) is 2. The molecule has 0 aliphatic heterocycles. The number of aromatic nitrogens is 2. The first-order valence-corrected chi connectivity index (χ1v) is 7.37. The highest BCUT2D eigenvalue weighted by atomic mass is 79.9. The van der Waals surface area contributed by atoms with E-state index in [1.165, 1.54) is 0 Å². The lowest BCUT2D eigenvalue weighted by Crippen LogP contribution is -1.96. The van der Waals surface area contributed by atoms with Crippen molar-refractivity contribution in [2.75, 3.05) is 14.2 Å². The highest BCUT2D eigenvalue weighted by Gasteiger charge is 2.14. The molecule has 0 radical (unpaired) electrons. The van der Waals surface area contributed by atoms with E-state index in [4.69, 9.17) is 21.1 Å². The van der Waals surface area contributed by atoms with Gasteiger partial charge in [-0.1, -0.05) is 11.6 Å². The van der Waals surface area contributed by atoms with Gasteiger partial charge >= 0.3 is 0 Å². The van der Waals surface area contributed by atoms with E-state index in [0.29, 0.717) is 5.15 Å². The van der Waals surface area contributed by atoms with Crippen LogP contribution in [0.1, 0.15) is 0 Å². The first kappa shape index (κ1) is 14.2. The summed E-state index contributed by atoms with van der Waals surface area (Å²) in [6.07, 6.45) is 0. The summed E-state index contributed by atoms with van der Waals surface area (Å²) < 4.78 is 12.9. The lowest BCUT2D eigenvalue weighted by atomic mass is 10.2. The van der Waals surface area contributed by atoms with Gasteiger partial charge in [-0.3, -0.25) is 0 Å². The number of rotatable bonds is 3. The van der Waals surface area contributed by atoms with Crippen LogP contribution in [0.25, 0.3) is 16.6 Å². The Labute approximate surface area is 135 Å². The maximum Gasteiger partial charge on any atom is 0.140 e. The van der Waals surface area contributed by atoms with Gasteiger partial charge in [0.2, 0.25) is 0 Å². The van der Waals surface area contributed by atoms with Gasteiger partial charge in [0.1, 0.15) is 22.2 Å². The Hall–Kier alpha value is -1.72. The van der Waals surface area contributed by atoms with E-state index in [9.17, 15) is 0 Å². The summed E-state index contributed by atoms with van der Waals surface area (Å²) >= 11 is 9.96. The van der Waals surface area contributed by atoms with Crippen LogP contribution in [0.15, 0.2) is 40.9 Å². The standard InChI is InChI=1S/C15H12BrClN2O2/c1-20-10-5-3-9(4-6-10)19-15(17)12-7-11(21-2)8-13(16)14(12)18-19/h3-8H,1-2H3. The molecule has 0 bridgehead atoms. The van der Waals surface area contributed by atoms with Crippen LogP contribution in [0.2, 0.25) is 5.15 Å². The van der Waals surface area contributed by atoms with Crippen molar-refractivity contribution in [1.82, 2.24) is 9.78 Å². The van der Waals surface area contributed by atoms with E-state index >= 15 is 0 Å². The lowest BCUT2D eigenvalue weighted by molar-refractivity contribution is 0.414. The normalized spacial score (nSPS) is 10.9. The van der Waals surface area contributed by atoms with Crippen LogP contribution >= 0.6 is 27.5 Å². The topological polar surface area (TPSA) is 36.3 Å². The minimum atomic E-state index is 0.537. The van der Waals surface area contributed by atoms with Gasteiger partial charge in [-0.25, -0.2) is 4.68 Å². The van der Waals surface area contributed by atoms with Crippen molar-refractivity contribution in [3.8, 4) is 17.2 Å². The van der Waals surface area contributed by atoms with Gasteiger partial charge in [-0.2, -0.15) is 5.10 Å². The summed E-state index contributed by atoms with van der Waals surface area (Å²) in [5.41, 5.74) is 1.65. The third-order valence-corrected chi connectivity index (χ3v) is 4.17. The molecule has 3 aromatic rings. The summed E-state index contributed by atoms with van der Waals surface area (Å²) in [5, 5.41) is 5.92. The fraction of sp³-hybridized carbons (Fsp3) is 0.133. The Bertz CT molecular complexity index is 800. The monoisotopic (exact) mass is 366 g/mol. The third kappa shape index (κ3) is 2.47. The molecule has 0 fully saturated rings. The maximum atomic E-state index is 6.46. The number of methoxy groups -OCH3 is 2. The molecular weight excluding hydrogens is 356 g/mol. The molecule has 0 amide bonds. The predicted molar refractivity (Wildman–Crippen MR) is 86.9 cm³/mol. The van der Waals surface area contributed by atoms with Crippen molar-refractivity contribution >= 4 is 38.4 Å². The molecule has 6 heteroatoms. The quantitative estimate of drug-likeness (QED) is 0.686. The molecule has 0 spiro atoms. The van der Waals surface area contributed by atoms with E-state index in [1.54, 1.807) is 18.9 Å². The molecular formula is C15H12BrClN2O2. The van der Waals surface area contributed by atoms with Gasteiger partial charge in [0.25, 0.3) is 0 Å². The predicted octanol–water partition coefficient (Wildman–Crippen LogP) is 4.46. The average molecular weight is 368 g/mol. The SMILES string of the molecule is COc1ccc(-n2nc3c(Br)cc(OC)cc3c2Cl)cc1. The number of benzene rings is 2. The van der Waals surface area contributed by atoms with E-state index in [1.807, 2.05) is 36.4 Å². The number of ether oxygens (including phenoxy) is 2. The molecule has 0 saturated carbocycles. The molecule has 0 N–H and O–H groups in total. The molecule has 0 atom stereocenters. The Balaban J connectivity index is 2.18. The van der Waals surface area contributed by atoms with Gasteiger partial charge in [0.05, 0.1) is 19.9 Å². The summed E-state index contributed by atoms with van der Waals surface area (Å²) in [6, 6.07) is 11.3. The van der Waals surface area contributed by atoms with Crippen LogP contribution < -0.4 is 9.47 Å². The van der Waals surface area contributed by atoms with Crippen molar-refractivity contribution in [3.63, 3.8) is 0 Å². The Kier molecular flexibility index (Phi) is 3.78. The Morgan fingerprint density at radius 3 is 2.33 bits per heavy atom. The highest BCUT2D eigenvalue weighted by Crippen LogP contribution is 2.34. The molecule has 0 unspecified atom stereocenters. The Morgan fingerprint density at radius 2 is 1.71 bits per heavy atom. The molecule has 21 heavy (non-hydrogen) atoms. The summed E-state index contributed by atoms with van der Waals surface area (Å²) in [7, 11) is 3.25. The van der Waals surface area contributed by atoms with Gasteiger partial charge in [0.15, 0.2) is 0 Å². The summed E-state index contributed by atoms with van der Waals surface area (Å²) in [4.78, 5) is 0. The molecule has 0 aliphatic carbocycles. The first-order valence-electron chi connectivity index (χ1n) is 6.20. The second kappa shape index (κ2) is 5.58. The molecule has 0 aliphatic rings. The molecule has 4 nitrogen and oxygen atoms in total. The number of fused-ring (bicyclic) bond motifs is 1. The van der Waals surface area contributed by atoms with Crippen LogP contribution in [0.3, 0.4) is 0 Å². The third-order valence-electron chi connectivity index (χ3n) is 3.20. The van der Waals surface area contributed by atoms with Gasteiger partial charge < -0.3 is 9.47 Å². The molecule has 1 heterocycles. The van der Waals surface area contributed by atoms with E-state index < -0.39 is 0 Å². The van der Waals surface area contributed by atoms with Crippen molar-refractivity contribution in [3.05, 3.63) is 46.0 Å². The number of halogens is 2. The molecule has 1 aromatic heterocycles. The second-order valence-electron chi connectivity index (χ2n) is 4.41. The van der Waals surface area contributed by atoms with Crippen molar-refractivity contribution in [1.29, 1.82) is 0 Å². The fourth-order valence-corrected chi connectivity index (χ4v) is 2.90. The van der Waals surface area contributed by atoms with Gasteiger partial charge in [0, 0.05) is 9.86 Å². The van der Waals surface area contributed by atoms with Crippen LogP contribution in [-0.4, -0.2) is 24.0 Å². The zero-order valence-corrected chi connectivity index (χ0v) is 13.8. The van der Waals surface area contributed by atoms with Crippen LogP contribution in [-0.2, 0) is 0 Å². The van der Waals surface area contributed by atoms with E-state index in [0.717, 1.165) is 32.6 Å². The first-order chi connectivity index (χ1) is 10.1. The van der Waals surface area contributed by atoms with Crippen molar-refractivity contribution in [2.45, 2.75) is 0 Å². The minimum Gasteiger partial charge on any atom is -0.497 e. The lowest BCUT2D eigenvalue weighted by Gasteiger charge is -2.04. The number of hydrogen-bond acceptors (Lipinski definition) is 3. The molecule has 3 rings (SSSR count). The summed E-state index contributed by atoms with van der Waals surface area (Å²) in [5.74, 6) is 1.51. The highest BCUT2D eigenvalue weighted by molar-refractivity contribution is 9.10. The van der Waals surface area contributed by atoms with Crippen LogP contribution in [0, 0.1) is 0 Å². The zero-order chi connectivity index (χ0) is 15.0. The largest absolute Gasteiger partial charge is 0.497 e. The van der Waals surface area contributed by atoms with Crippen molar-refractivity contribution in [2.24, 2.45) is 0 Å². The smallest absolute Gasteiger partial charge is 0.140 e. The second-order valence-corrected chi connectivity index (χ2v) is 5.62. The summed E-state index contributed by atoms with van der Waals surface area (Å²) in [6.45, 7) is 0. The van der Waals surface area contributed by atoms with Crippen molar-refractivity contribution < 1.29 is 9.47 Å². The Morgan fingerprint density at radius 1 is 1.05 bits per heavy atom. The molecule has 108 valence electrons. The maximum absolute atomic E-state index is 6.46. The zero-order valence-electron chi connectivity index (χ0n) is 11.4. The van der Waals surface area contributed by atoms with Crippen LogP contribution in [0.4, 0.5) is 0 Å². The minimum absolute atomic E-state index is 0.537. The van der Waals surface area contributed by atoms with E-state index in [-0.39, 0.29) is 0 Å². The van der Waals surface area contributed by atoms with Gasteiger partial charge in [-0.15, -0.1) is 0 Å². The van der Waals surface area contributed by atoms with Crippen LogP contribution in [0.5, 0.6) is 11.5 Å². The average Bonchev–Trinajstić information content (AvgIpc) is 2.85. The van der Waals surface area contributed by atoms with E-state index in [2.05, 4.69) is 21.0 Å². The molecule has 0 saturated heterocycles. The fourth-order valence-electron chi connectivity index (χ4n) is 2.10. The number of hydrogen-bond donors (Lipinski definition) is 0. The van der Waals surface area contributed by atoms with Gasteiger partial charge in [-0.05, 0) is 52.3 Å². The molecule has 2 aromatic carbocycles.